The van der Waals surface area contributed by atoms with Gasteiger partial charge in [-0.05, 0) is 67.5 Å². The Morgan fingerprint density at radius 1 is 0.852 bits per heavy atom. The van der Waals surface area contributed by atoms with Gasteiger partial charge in [0.05, 0.1) is 17.5 Å². The number of hydrogen-bond acceptors (Lipinski definition) is 3. The molecule has 0 unspecified atom stereocenters. The van der Waals surface area contributed by atoms with Gasteiger partial charge in [0.15, 0.2) is 0 Å². The molecule has 136 valence electrons. The smallest absolute Gasteiger partial charge is 0.255 e. The van der Waals surface area contributed by atoms with E-state index in [9.17, 15) is 14.4 Å². The maximum absolute atomic E-state index is 12.9. The van der Waals surface area contributed by atoms with Crippen LogP contribution in [0.5, 0.6) is 0 Å². The van der Waals surface area contributed by atoms with Crippen LogP contribution in [0.2, 0.25) is 0 Å². The van der Waals surface area contributed by atoms with E-state index in [0.29, 0.717) is 28.8 Å². The summed E-state index contributed by atoms with van der Waals surface area (Å²) in [4.78, 5) is 39.3. The molecule has 3 fully saturated rings. The first kappa shape index (κ1) is 16.2. The van der Waals surface area contributed by atoms with Crippen molar-refractivity contribution < 1.29 is 14.4 Å². The molecule has 3 amide bonds. The zero-order valence-electron chi connectivity index (χ0n) is 14.8. The van der Waals surface area contributed by atoms with Gasteiger partial charge < -0.3 is 5.32 Å². The van der Waals surface area contributed by atoms with E-state index in [1.807, 2.05) is 18.2 Å². The average molecular weight is 360 g/mol. The van der Waals surface area contributed by atoms with E-state index >= 15 is 0 Å². The van der Waals surface area contributed by atoms with Crippen LogP contribution in [0, 0.1) is 23.7 Å². The fourth-order valence-electron chi connectivity index (χ4n) is 5.15. The number of nitrogens with one attached hydrogen (secondary N) is 1. The summed E-state index contributed by atoms with van der Waals surface area (Å²) in [5.41, 5.74) is 1.80. The van der Waals surface area contributed by atoms with Crippen LogP contribution >= 0.6 is 0 Å². The Labute approximate surface area is 157 Å². The van der Waals surface area contributed by atoms with E-state index in [4.69, 9.17) is 0 Å². The Morgan fingerprint density at radius 3 is 2.04 bits per heavy atom. The van der Waals surface area contributed by atoms with Crippen LogP contribution in [0.1, 0.15) is 29.6 Å². The number of nitrogens with zero attached hydrogens (tertiary/aromatic N) is 1. The Balaban J connectivity index is 1.34. The highest BCUT2D eigenvalue weighted by Crippen LogP contribution is 2.56. The van der Waals surface area contributed by atoms with E-state index in [1.165, 1.54) is 4.90 Å². The van der Waals surface area contributed by atoms with Gasteiger partial charge in [0.2, 0.25) is 11.8 Å². The molecule has 2 aromatic rings. The minimum Gasteiger partial charge on any atom is -0.322 e. The third-order valence-electron chi connectivity index (χ3n) is 6.35. The van der Waals surface area contributed by atoms with Crippen molar-refractivity contribution in [3.63, 3.8) is 0 Å². The number of anilines is 2. The van der Waals surface area contributed by atoms with Crippen LogP contribution in [-0.4, -0.2) is 17.7 Å². The molecule has 4 atom stereocenters. The highest BCUT2D eigenvalue weighted by atomic mass is 16.2. The monoisotopic (exact) mass is 360 g/mol. The van der Waals surface area contributed by atoms with Crippen LogP contribution in [0.4, 0.5) is 11.4 Å². The molecule has 1 heterocycles. The van der Waals surface area contributed by atoms with Crippen molar-refractivity contribution in [1.82, 2.24) is 0 Å². The van der Waals surface area contributed by atoms with Crippen LogP contribution in [0.15, 0.2) is 54.6 Å². The Bertz CT molecular complexity index is 894. The molecular weight excluding hydrogens is 340 g/mol. The van der Waals surface area contributed by atoms with Gasteiger partial charge in [0, 0.05) is 11.3 Å². The van der Waals surface area contributed by atoms with Crippen molar-refractivity contribution in [2.45, 2.75) is 19.3 Å². The minimum atomic E-state index is -0.192. The molecule has 2 aliphatic carbocycles. The predicted molar refractivity (Wildman–Crippen MR) is 101 cm³/mol. The largest absolute Gasteiger partial charge is 0.322 e. The molecule has 1 N–H and O–H groups in total. The zero-order chi connectivity index (χ0) is 18.5. The van der Waals surface area contributed by atoms with E-state index < -0.39 is 0 Å². The Morgan fingerprint density at radius 2 is 1.44 bits per heavy atom. The number of carbonyl (C=O) groups excluding carboxylic acids is 3. The lowest BCUT2D eigenvalue weighted by molar-refractivity contribution is -0.123. The third-order valence-corrected chi connectivity index (χ3v) is 6.35. The number of benzene rings is 2. The standard InChI is InChI=1S/C22H20N2O3/c25-20(13-4-2-1-3-5-13)23-16-8-10-17(11-9-16)24-21(26)18-14-6-7-15(12-14)19(18)22(24)27/h1-5,8-11,14-15,18-19H,6-7,12H2,(H,23,25)/t14-,15-,18-,19+/m0/s1. The normalized spacial score (nSPS) is 28.5. The van der Waals surface area contributed by atoms with Gasteiger partial charge in [0.25, 0.3) is 5.91 Å². The molecule has 1 aliphatic heterocycles. The summed E-state index contributed by atoms with van der Waals surface area (Å²) in [6, 6.07) is 15.9. The first-order valence-electron chi connectivity index (χ1n) is 9.48. The Hall–Kier alpha value is -2.95. The maximum atomic E-state index is 12.9. The van der Waals surface area contributed by atoms with Gasteiger partial charge in [-0.25, -0.2) is 0 Å². The fraction of sp³-hybridized carbons (Fsp3) is 0.318. The number of fused-ring (bicyclic) bond motifs is 5. The van der Waals surface area contributed by atoms with Gasteiger partial charge in [-0.2, -0.15) is 0 Å². The van der Waals surface area contributed by atoms with Crippen molar-refractivity contribution in [1.29, 1.82) is 0 Å². The van der Waals surface area contributed by atoms with E-state index in [0.717, 1.165) is 19.3 Å². The Kier molecular flexibility index (Phi) is 3.64. The highest BCUT2D eigenvalue weighted by molar-refractivity contribution is 6.22. The predicted octanol–water partition coefficient (Wildman–Crippen LogP) is 3.47. The zero-order valence-corrected chi connectivity index (χ0v) is 14.8. The summed E-state index contributed by atoms with van der Waals surface area (Å²) >= 11 is 0. The van der Waals surface area contributed by atoms with Crippen LogP contribution < -0.4 is 10.2 Å². The number of carbonyl (C=O) groups is 3. The lowest BCUT2D eigenvalue weighted by atomic mass is 9.81. The molecule has 27 heavy (non-hydrogen) atoms. The number of rotatable bonds is 3. The van der Waals surface area contributed by atoms with Gasteiger partial charge >= 0.3 is 0 Å². The van der Waals surface area contributed by atoms with E-state index in [-0.39, 0.29) is 29.6 Å². The molecular formula is C22H20N2O3. The fourth-order valence-corrected chi connectivity index (χ4v) is 5.15. The molecule has 2 aromatic carbocycles. The second-order valence-corrected chi connectivity index (χ2v) is 7.76. The molecule has 1 saturated heterocycles. The molecule has 5 heteroatoms. The van der Waals surface area contributed by atoms with Crippen molar-refractivity contribution in [2.24, 2.45) is 23.7 Å². The van der Waals surface area contributed by atoms with E-state index in [2.05, 4.69) is 5.32 Å². The van der Waals surface area contributed by atoms with Gasteiger partial charge in [-0.15, -0.1) is 0 Å². The SMILES string of the molecule is O=C(Nc1ccc(N2C(=O)[C@@H]3[C@H]4CC[C@@H](C4)[C@@H]3C2=O)cc1)c1ccccc1. The second-order valence-electron chi connectivity index (χ2n) is 7.76. The minimum absolute atomic E-state index is 0.0433. The lowest BCUT2D eigenvalue weighted by Crippen LogP contribution is -2.32. The second kappa shape index (κ2) is 6.05. The molecule has 0 radical (unpaired) electrons. The molecule has 0 aromatic heterocycles. The van der Waals surface area contributed by atoms with Gasteiger partial charge in [-0.3, -0.25) is 19.3 Å². The first-order chi connectivity index (χ1) is 13.1. The number of amides is 3. The summed E-state index contributed by atoms with van der Waals surface area (Å²) in [6.45, 7) is 0. The third kappa shape index (κ3) is 2.49. The number of imide groups is 1. The lowest BCUT2D eigenvalue weighted by Gasteiger charge is -2.19. The van der Waals surface area contributed by atoms with Crippen LogP contribution in [-0.2, 0) is 9.59 Å². The van der Waals surface area contributed by atoms with Crippen molar-refractivity contribution in [3.05, 3.63) is 60.2 Å². The first-order valence-corrected chi connectivity index (χ1v) is 9.48. The topological polar surface area (TPSA) is 66.5 Å². The van der Waals surface area contributed by atoms with Crippen molar-refractivity contribution >= 4 is 29.1 Å². The quantitative estimate of drug-likeness (QED) is 0.852. The summed E-state index contributed by atoms with van der Waals surface area (Å²) in [7, 11) is 0. The van der Waals surface area contributed by atoms with Gasteiger partial charge in [0.1, 0.15) is 0 Å². The molecule has 3 aliphatic rings. The van der Waals surface area contributed by atoms with Crippen LogP contribution in [0.3, 0.4) is 0 Å². The molecule has 0 spiro atoms. The van der Waals surface area contributed by atoms with Crippen molar-refractivity contribution in [3.8, 4) is 0 Å². The van der Waals surface area contributed by atoms with Crippen LogP contribution in [0.25, 0.3) is 0 Å². The summed E-state index contributed by atoms with van der Waals surface area (Å²) < 4.78 is 0. The summed E-state index contributed by atoms with van der Waals surface area (Å²) in [5.74, 6) is 0.249. The average Bonchev–Trinajstić information content (AvgIpc) is 3.37. The number of hydrogen-bond donors (Lipinski definition) is 1. The van der Waals surface area contributed by atoms with Gasteiger partial charge in [-0.1, -0.05) is 18.2 Å². The molecule has 5 nitrogen and oxygen atoms in total. The maximum Gasteiger partial charge on any atom is 0.255 e. The molecule has 2 bridgehead atoms. The highest BCUT2D eigenvalue weighted by Gasteiger charge is 2.61. The molecule has 2 saturated carbocycles. The van der Waals surface area contributed by atoms with Crippen molar-refractivity contribution in [2.75, 3.05) is 10.2 Å². The summed E-state index contributed by atoms with van der Waals surface area (Å²) in [5, 5.41) is 2.84. The molecule has 5 rings (SSSR count). The van der Waals surface area contributed by atoms with E-state index in [1.54, 1.807) is 36.4 Å². The summed E-state index contributed by atoms with van der Waals surface area (Å²) in [6.07, 6.45) is 3.18.